The summed E-state index contributed by atoms with van der Waals surface area (Å²) in [5.41, 5.74) is 4.42. The summed E-state index contributed by atoms with van der Waals surface area (Å²) in [4.78, 5) is 17.4. The maximum atomic E-state index is 14.5. The van der Waals surface area contributed by atoms with Crippen molar-refractivity contribution in [2.45, 2.75) is 52.1 Å². The van der Waals surface area contributed by atoms with Crippen LogP contribution in [-0.2, 0) is 7.05 Å². The average Bonchev–Trinajstić information content (AvgIpc) is 3.26. The second-order valence-electron chi connectivity index (χ2n) is 10.4. The van der Waals surface area contributed by atoms with Crippen LogP contribution in [0.3, 0.4) is 0 Å². The van der Waals surface area contributed by atoms with Gasteiger partial charge in [0.1, 0.15) is 5.52 Å². The van der Waals surface area contributed by atoms with Crippen molar-refractivity contribution >= 4 is 33.7 Å². The predicted molar refractivity (Wildman–Crippen MR) is 132 cm³/mol. The number of aromatic nitrogens is 4. The Hall–Kier alpha value is -3.52. The fourth-order valence-electron chi connectivity index (χ4n) is 5.22. The Bertz CT molecular complexity index is 1490. The first-order valence-electron chi connectivity index (χ1n) is 11.3. The van der Waals surface area contributed by atoms with E-state index in [1.807, 2.05) is 19.3 Å². The van der Waals surface area contributed by atoms with Crippen molar-refractivity contribution in [3.8, 4) is 0 Å². The first-order chi connectivity index (χ1) is 15.9. The molecule has 0 aliphatic carbocycles. The van der Waals surface area contributed by atoms with Crippen molar-refractivity contribution in [1.29, 1.82) is 0 Å². The molecule has 0 spiro atoms. The van der Waals surface area contributed by atoms with Crippen molar-refractivity contribution in [3.05, 3.63) is 65.5 Å². The molecule has 3 aromatic heterocycles. The zero-order valence-electron chi connectivity index (χ0n) is 20.3. The molecule has 1 aliphatic rings. The van der Waals surface area contributed by atoms with Crippen LogP contribution in [0, 0.1) is 12.7 Å². The number of fused-ring (bicyclic) bond motifs is 2. The average molecular weight is 461 g/mol. The highest BCUT2D eigenvalue weighted by atomic mass is 19.1. The maximum absolute atomic E-state index is 14.5. The van der Waals surface area contributed by atoms with Crippen molar-refractivity contribution in [2.24, 2.45) is 7.05 Å². The SMILES string of the molecule is Cc1cn2cc(NC(=O)c3ccc(C4=CC(C)(C)NC(C)(C)C4)c4cn(C)nc34)cc(F)c2n1. The molecule has 0 atom stereocenters. The van der Waals surface area contributed by atoms with Gasteiger partial charge in [-0.05, 0) is 58.2 Å². The van der Waals surface area contributed by atoms with Gasteiger partial charge >= 0.3 is 0 Å². The zero-order valence-corrected chi connectivity index (χ0v) is 20.3. The minimum atomic E-state index is -0.493. The van der Waals surface area contributed by atoms with E-state index in [9.17, 15) is 9.18 Å². The van der Waals surface area contributed by atoms with E-state index in [2.05, 4.69) is 54.5 Å². The molecule has 0 unspecified atom stereocenters. The van der Waals surface area contributed by atoms with Gasteiger partial charge < -0.3 is 15.0 Å². The van der Waals surface area contributed by atoms with Gasteiger partial charge in [0.2, 0.25) is 0 Å². The molecule has 7 nitrogen and oxygen atoms in total. The molecule has 176 valence electrons. The molecule has 4 aromatic rings. The zero-order chi connectivity index (χ0) is 24.4. The summed E-state index contributed by atoms with van der Waals surface area (Å²) in [6.07, 6.45) is 8.44. The number of nitrogens with one attached hydrogen (secondary N) is 2. The minimum absolute atomic E-state index is 0.0629. The molecule has 0 bridgehead atoms. The molecule has 0 saturated heterocycles. The van der Waals surface area contributed by atoms with Crippen LogP contribution in [0.1, 0.15) is 55.7 Å². The van der Waals surface area contributed by atoms with Gasteiger partial charge in [0.15, 0.2) is 11.5 Å². The van der Waals surface area contributed by atoms with Crippen molar-refractivity contribution in [3.63, 3.8) is 0 Å². The van der Waals surface area contributed by atoms with E-state index >= 15 is 0 Å². The van der Waals surface area contributed by atoms with Crippen LogP contribution in [0.15, 0.2) is 42.9 Å². The first-order valence-corrected chi connectivity index (χ1v) is 11.3. The number of halogens is 1. The maximum Gasteiger partial charge on any atom is 0.257 e. The van der Waals surface area contributed by atoms with Crippen LogP contribution >= 0.6 is 0 Å². The van der Waals surface area contributed by atoms with Crippen molar-refractivity contribution in [1.82, 2.24) is 24.5 Å². The van der Waals surface area contributed by atoms with Gasteiger partial charge in [0, 0.05) is 48.2 Å². The van der Waals surface area contributed by atoms with Gasteiger partial charge in [-0.3, -0.25) is 9.48 Å². The molecule has 4 heterocycles. The largest absolute Gasteiger partial charge is 0.320 e. The number of aryl methyl sites for hydroxylation is 2. The Labute approximate surface area is 197 Å². The standard InChI is InChI=1S/C26H29FN6O/c1-15-12-33-13-17(9-21(27)23(33)28-15)29-24(34)19-8-7-18(20-14-32(6)30-22(19)20)16-10-25(2,3)31-26(4,5)11-16/h7-10,12-14,31H,11H2,1-6H3,(H,29,34). The van der Waals surface area contributed by atoms with E-state index in [0.717, 1.165) is 17.4 Å². The second kappa shape index (κ2) is 7.50. The van der Waals surface area contributed by atoms with Crippen LogP contribution in [-0.4, -0.2) is 36.2 Å². The Morgan fingerprint density at radius 3 is 2.68 bits per heavy atom. The van der Waals surface area contributed by atoms with Gasteiger partial charge in [0.05, 0.1) is 16.9 Å². The topological polar surface area (TPSA) is 76.2 Å². The molecule has 1 amide bonds. The molecule has 8 heteroatoms. The number of hydrogen-bond donors (Lipinski definition) is 2. The van der Waals surface area contributed by atoms with Gasteiger partial charge in [-0.15, -0.1) is 0 Å². The Morgan fingerprint density at radius 1 is 1.18 bits per heavy atom. The van der Waals surface area contributed by atoms with Crippen LogP contribution in [0.25, 0.3) is 22.1 Å². The fraction of sp³-hybridized carbons (Fsp3) is 0.346. The van der Waals surface area contributed by atoms with E-state index < -0.39 is 5.82 Å². The highest BCUT2D eigenvalue weighted by Crippen LogP contribution is 2.37. The summed E-state index contributed by atoms with van der Waals surface area (Å²) in [6, 6.07) is 5.08. The lowest BCUT2D eigenvalue weighted by Gasteiger charge is -2.41. The molecule has 0 fully saturated rings. The number of rotatable bonds is 3. The Morgan fingerprint density at radius 2 is 1.94 bits per heavy atom. The van der Waals surface area contributed by atoms with Crippen LogP contribution in [0.5, 0.6) is 0 Å². The molecular weight excluding hydrogens is 431 g/mol. The normalized spacial score (nSPS) is 17.2. The molecule has 1 aliphatic heterocycles. The highest BCUT2D eigenvalue weighted by molar-refractivity contribution is 6.13. The summed E-state index contributed by atoms with van der Waals surface area (Å²) in [6.45, 7) is 10.5. The van der Waals surface area contributed by atoms with Crippen molar-refractivity contribution < 1.29 is 9.18 Å². The number of imidazole rings is 1. The Kier molecular flexibility index (Phi) is 4.91. The third kappa shape index (κ3) is 3.98. The highest BCUT2D eigenvalue weighted by Gasteiger charge is 2.33. The number of carbonyl (C=O) groups excluding carboxylic acids is 1. The summed E-state index contributed by atoms with van der Waals surface area (Å²) < 4.78 is 17.8. The predicted octanol–water partition coefficient (Wildman–Crippen LogP) is 4.85. The van der Waals surface area contributed by atoms with Gasteiger partial charge in [-0.25, -0.2) is 9.37 Å². The summed E-state index contributed by atoms with van der Waals surface area (Å²) >= 11 is 0. The monoisotopic (exact) mass is 460 g/mol. The number of pyridine rings is 1. The molecule has 0 saturated carbocycles. The molecule has 1 aromatic carbocycles. The first kappa shape index (κ1) is 22.3. The third-order valence-electron chi connectivity index (χ3n) is 6.09. The van der Waals surface area contributed by atoms with Crippen LogP contribution < -0.4 is 10.6 Å². The molecule has 34 heavy (non-hydrogen) atoms. The van der Waals surface area contributed by atoms with Crippen LogP contribution in [0.4, 0.5) is 10.1 Å². The number of anilines is 1. The molecule has 0 radical (unpaired) electrons. The van der Waals surface area contributed by atoms with Crippen LogP contribution in [0.2, 0.25) is 0 Å². The van der Waals surface area contributed by atoms with Gasteiger partial charge in [-0.2, -0.15) is 5.10 Å². The number of amides is 1. The minimum Gasteiger partial charge on any atom is -0.320 e. The van der Waals surface area contributed by atoms with Crippen molar-refractivity contribution in [2.75, 3.05) is 5.32 Å². The molecule has 5 rings (SSSR count). The number of benzene rings is 1. The van der Waals surface area contributed by atoms with E-state index in [1.54, 1.807) is 34.5 Å². The number of nitrogens with zero attached hydrogens (tertiary/aromatic N) is 4. The second-order valence-corrected chi connectivity index (χ2v) is 10.4. The van der Waals surface area contributed by atoms with E-state index in [1.165, 1.54) is 11.6 Å². The van der Waals surface area contributed by atoms with Gasteiger partial charge in [0.25, 0.3) is 5.91 Å². The number of carbonyl (C=O) groups is 1. The molecular formula is C26H29FN6O. The number of hydrogen-bond acceptors (Lipinski definition) is 4. The van der Waals surface area contributed by atoms with E-state index in [0.29, 0.717) is 22.5 Å². The smallest absolute Gasteiger partial charge is 0.257 e. The quantitative estimate of drug-likeness (QED) is 0.458. The summed E-state index contributed by atoms with van der Waals surface area (Å²) in [5, 5.41) is 12.0. The van der Waals surface area contributed by atoms with E-state index in [-0.39, 0.29) is 22.6 Å². The lowest BCUT2D eigenvalue weighted by atomic mass is 9.80. The van der Waals surface area contributed by atoms with E-state index in [4.69, 9.17) is 0 Å². The third-order valence-corrected chi connectivity index (χ3v) is 6.09. The fourth-order valence-corrected chi connectivity index (χ4v) is 5.22. The molecule has 2 N–H and O–H groups in total. The Balaban J connectivity index is 1.55. The lowest BCUT2D eigenvalue weighted by Crippen LogP contribution is -2.53. The van der Waals surface area contributed by atoms with Gasteiger partial charge in [-0.1, -0.05) is 12.1 Å². The lowest BCUT2D eigenvalue weighted by molar-refractivity contribution is 0.102. The summed E-state index contributed by atoms with van der Waals surface area (Å²) in [5.74, 6) is -0.835. The summed E-state index contributed by atoms with van der Waals surface area (Å²) in [7, 11) is 1.85.